The molecule has 6 heteroatoms. The van der Waals surface area contributed by atoms with E-state index in [1.165, 1.54) is 11.3 Å². The molecule has 33 heavy (non-hydrogen) atoms. The molecule has 1 amide bonds. The van der Waals surface area contributed by atoms with Crippen LogP contribution in [-0.2, 0) is 12.8 Å². The van der Waals surface area contributed by atoms with Gasteiger partial charge in [0.2, 0.25) is 0 Å². The number of likely N-dealkylation sites (N-methyl/N-ethyl adjacent to an activating group) is 1. The Morgan fingerprint density at radius 1 is 1.09 bits per heavy atom. The number of rotatable bonds is 3. The number of likely N-dealkylation sites (tertiary alicyclic amines) is 1. The minimum Gasteiger partial charge on any atom is -0.342 e. The van der Waals surface area contributed by atoms with E-state index in [1.54, 1.807) is 0 Å². The van der Waals surface area contributed by atoms with Gasteiger partial charge in [-0.15, -0.1) is 0 Å². The number of carbonyl (C=O) groups is 1. The highest BCUT2D eigenvalue weighted by atomic mass is 16.2. The van der Waals surface area contributed by atoms with Crippen LogP contribution in [-0.4, -0.2) is 58.9 Å². The van der Waals surface area contributed by atoms with Gasteiger partial charge in [-0.3, -0.25) is 4.79 Å². The number of aryl methyl sites for hydroxylation is 2. The van der Waals surface area contributed by atoms with Crippen LogP contribution < -0.4 is 0 Å². The molecule has 0 saturated carbocycles. The highest BCUT2D eigenvalue weighted by molar-refractivity contribution is 5.97. The van der Waals surface area contributed by atoms with Crippen molar-refractivity contribution in [2.75, 3.05) is 33.2 Å². The third-order valence-electron chi connectivity index (χ3n) is 7.08. The van der Waals surface area contributed by atoms with Crippen LogP contribution in [0.15, 0.2) is 36.4 Å². The SMILES string of the molecule is Cc1cc(C)c(-c2nc3c([nH]2)CCN(C)CC3)cc1C(=O)N1CC(c2ccc(C#N)cc2)C1. The van der Waals surface area contributed by atoms with Gasteiger partial charge in [0.15, 0.2) is 0 Å². The predicted molar refractivity (Wildman–Crippen MR) is 128 cm³/mol. The van der Waals surface area contributed by atoms with E-state index < -0.39 is 0 Å². The minimum atomic E-state index is 0.0772. The summed E-state index contributed by atoms with van der Waals surface area (Å²) < 4.78 is 0. The molecule has 2 aromatic carbocycles. The van der Waals surface area contributed by atoms with E-state index in [4.69, 9.17) is 10.2 Å². The first-order valence-electron chi connectivity index (χ1n) is 11.6. The number of carbonyl (C=O) groups excluding carboxylic acids is 1. The largest absolute Gasteiger partial charge is 0.342 e. The topological polar surface area (TPSA) is 76.0 Å². The monoisotopic (exact) mass is 439 g/mol. The fourth-order valence-corrected chi connectivity index (χ4v) is 4.89. The first-order valence-corrected chi connectivity index (χ1v) is 11.6. The Hall–Kier alpha value is -3.43. The number of nitriles is 1. The first-order chi connectivity index (χ1) is 15.9. The molecule has 168 valence electrons. The van der Waals surface area contributed by atoms with E-state index in [0.29, 0.717) is 24.6 Å². The van der Waals surface area contributed by atoms with Gasteiger partial charge in [0, 0.05) is 61.8 Å². The van der Waals surface area contributed by atoms with Crippen LogP contribution in [0.2, 0.25) is 0 Å². The first kappa shape index (κ1) is 21.4. The Kier molecular flexibility index (Phi) is 5.51. The number of hydrogen-bond acceptors (Lipinski definition) is 4. The number of aromatic nitrogens is 2. The average Bonchev–Trinajstić information content (AvgIpc) is 3.10. The molecule has 0 spiro atoms. The molecule has 5 rings (SSSR count). The van der Waals surface area contributed by atoms with E-state index in [2.05, 4.69) is 36.0 Å². The van der Waals surface area contributed by atoms with Crippen LogP contribution in [0.25, 0.3) is 11.4 Å². The quantitative estimate of drug-likeness (QED) is 0.673. The number of hydrogen-bond donors (Lipinski definition) is 1. The Morgan fingerprint density at radius 3 is 2.55 bits per heavy atom. The van der Waals surface area contributed by atoms with Gasteiger partial charge in [-0.05, 0) is 55.8 Å². The van der Waals surface area contributed by atoms with Crippen LogP contribution in [0.4, 0.5) is 0 Å². The van der Waals surface area contributed by atoms with Gasteiger partial charge in [-0.1, -0.05) is 18.2 Å². The predicted octanol–water partition coefficient (Wildman–Crippen LogP) is 3.84. The van der Waals surface area contributed by atoms with Crippen LogP contribution in [0, 0.1) is 25.2 Å². The van der Waals surface area contributed by atoms with E-state index in [9.17, 15) is 4.79 Å². The Bertz CT molecular complexity index is 1220. The lowest BCUT2D eigenvalue weighted by Gasteiger charge is -2.40. The molecule has 0 bridgehead atoms. The Balaban J connectivity index is 1.35. The molecule has 0 radical (unpaired) electrons. The summed E-state index contributed by atoms with van der Waals surface area (Å²) in [6.07, 6.45) is 1.92. The zero-order valence-corrected chi connectivity index (χ0v) is 19.5. The summed E-state index contributed by atoms with van der Waals surface area (Å²) in [4.78, 5) is 26.1. The summed E-state index contributed by atoms with van der Waals surface area (Å²) in [5.41, 5.74) is 8.10. The second kappa shape index (κ2) is 8.49. The molecule has 6 nitrogen and oxygen atoms in total. The van der Waals surface area contributed by atoms with Crippen molar-refractivity contribution in [2.45, 2.75) is 32.6 Å². The summed E-state index contributed by atoms with van der Waals surface area (Å²) in [6.45, 7) is 7.55. The van der Waals surface area contributed by atoms with Gasteiger partial charge < -0.3 is 14.8 Å². The number of benzene rings is 2. The van der Waals surface area contributed by atoms with Gasteiger partial charge in [0.25, 0.3) is 5.91 Å². The van der Waals surface area contributed by atoms with Crippen molar-refractivity contribution in [1.29, 1.82) is 5.26 Å². The van der Waals surface area contributed by atoms with E-state index in [1.807, 2.05) is 42.2 Å². The lowest BCUT2D eigenvalue weighted by atomic mass is 9.89. The van der Waals surface area contributed by atoms with Gasteiger partial charge >= 0.3 is 0 Å². The van der Waals surface area contributed by atoms with Crippen molar-refractivity contribution in [3.8, 4) is 17.5 Å². The summed E-state index contributed by atoms with van der Waals surface area (Å²) in [7, 11) is 2.15. The summed E-state index contributed by atoms with van der Waals surface area (Å²) in [6, 6.07) is 14.0. The molecule has 0 unspecified atom stereocenters. The van der Waals surface area contributed by atoms with Crippen molar-refractivity contribution >= 4 is 5.91 Å². The molecule has 1 saturated heterocycles. The van der Waals surface area contributed by atoms with Gasteiger partial charge in [0.05, 0.1) is 17.3 Å². The van der Waals surface area contributed by atoms with Gasteiger partial charge in [0.1, 0.15) is 5.82 Å². The van der Waals surface area contributed by atoms with Crippen LogP contribution >= 0.6 is 0 Å². The second-order valence-corrected chi connectivity index (χ2v) is 9.44. The number of nitrogens with one attached hydrogen (secondary N) is 1. The van der Waals surface area contributed by atoms with E-state index in [0.717, 1.165) is 59.7 Å². The van der Waals surface area contributed by atoms with Crippen molar-refractivity contribution in [1.82, 2.24) is 19.8 Å². The van der Waals surface area contributed by atoms with Gasteiger partial charge in [-0.2, -0.15) is 5.26 Å². The van der Waals surface area contributed by atoms with Crippen LogP contribution in [0.1, 0.15) is 49.9 Å². The van der Waals surface area contributed by atoms with Crippen LogP contribution in [0.5, 0.6) is 0 Å². The van der Waals surface area contributed by atoms with Crippen molar-refractivity contribution in [3.63, 3.8) is 0 Å². The second-order valence-electron chi connectivity index (χ2n) is 9.44. The Labute approximate surface area is 194 Å². The molecule has 1 aromatic heterocycles. The zero-order valence-electron chi connectivity index (χ0n) is 19.5. The molecule has 1 N–H and O–H groups in total. The van der Waals surface area contributed by atoms with Crippen molar-refractivity contribution in [3.05, 3.63) is 75.6 Å². The minimum absolute atomic E-state index is 0.0772. The number of H-pyrrole nitrogens is 1. The third-order valence-corrected chi connectivity index (χ3v) is 7.08. The number of fused-ring (bicyclic) bond motifs is 1. The molecule has 2 aliphatic heterocycles. The smallest absolute Gasteiger partial charge is 0.254 e. The maximum Gasteiger partial charge on any atom is 0.254 e. The number of nitrogens with zero attached hydrogens (tertiary/aromatic N) is 4. The van der Waals surface area contributed by atoms with E-state index >= 15 is 0 Å². The van der Waals surface area contributed by atoms with Crippen LogP contribution in [0.3, 0.4) is 0 Å². The molecule has 1 fully saturated rings. The maximum absolute atomic E-state index is 13.3. The third kappa shape index (κ3) is 4.05. The molecule has 2 aliphatic rings. The molecule has 0 aliphatic carbocycles. The highest BCUT2D eigenvalue weighted by Gasteiger charge is 2.33. The number of imidazole rings is 1. The van der Waals surface area contributed by atoms with Crippen molar-refractivity contribution in [2.24, 2.45) is 0 Å². The molecular weight excluding hydrogens is 410 g/mol. The molecule has 3 heterocycles. The molecule has 0 atom stereocenters. The standard InChI is InChI=1S/C27H29N5O/c1-17-12-18(2)23(13-22(17)26-29-24-8-10-31(3)11-9-25(24)30-26)27(33)32-15-21(16-32)20-6-4-19(14-28)5-7-20/h4-7,12-13,21H,8-11,15-16H2,1-3H3,(H,29,30). The highest BCUT2D eigenvalue weighted by Crippen LogP contribution is 2.32. The number of aromatic amines is 1. The molecular formula is C27H29N5O. The fraction of sp³-hybridized carbons (Fsp3) is 0.370. The Morgan fingerprint density at radius 2 is 1.82 bits per heavy atom. The molecule has 3 aromatic rings. The average molecular weight is 440 g/mol. The lowest BCUT2D eigenvalue weighted by Crippen LogP contribution is -2.48. The maximum atomic E-state index is 13.3. The summed E-state index contributed by atoms with van der Waals surface area (Å²) in [5.74, 6) is 1.27. The fourth-order valence-electron chi connectivity index (χ4n) is 4.89. The number of amides is 1. The zero-order chi connectivity index (χ0) is 23.1. The van der Waals surface area contributed by atoms with Crippen molar-refractivity contribution < 1.29 is 4.79 Å². The normalized spacial score (nSPS) is 16.6. The van der Waals surface area contributed by atoms with E-state index in [-0.39, 0.29) is 5.91 Å². The summed E-state index contributed by atoms with van der Waals surface area (Å²) in [5, 5.41) is 8.99. The van der Waals surface area contributed by atoms with Gasteiger partial charge in [-0.25, -0.2) is 4.98 Å². The lowest BCUT2D eigenvalue weighted by molar-refractivity contribution is 0.0601. The summed E-state index contributed by atoms with van der Waals surface area (Å²) >= 11 is 0.